The number of hydrogen-bond donors (Lipinski definition) is 4. The molecule has 3 aliphatic carbocycles. The first-order valence-electron chi connectivity index (χ1n) is 25.0. The predicted molar refractivity (Wildman–Crippen MR) is 267 cm³/mol. The molecule has 2 aromatic carbocycles. The Morgan fingerprint density at radius 1 is 0.761 bits per heavy atom. The number of hydrogen-bond acceptors (Lipinski definition) is 10. The molecule has 4 aromatic heterocycles. The molecule has 0 bridgehead atoms. The van der Waals surface area contributed by atoms with Gasteiger partial charge in [0.05, 0.1) is 72.2 Å². The van der Waals surface area contributed by atoms with Crippen LogP contribution < -0.4 is 15.4 Å². The third kappa shape index (κ3) is 7.60. The van der Waals surface area contributed by atoms with Gasteiger partial charge in [-0.05, 0) is 97.7 Å². The molecule has 0 spiro atoms. The maximum absolute atomic E-state index is 14.2. The summed E-state index contributed by atoms with van der Waals surface area (Å²) in [6.45, 7) is 9.88. The third-order valence-electron chi connectivity index (χ3n) is 16.0. The Labute approximate surface area is 415 Å². The van der Waals surface area contributed by atoms with Crippen LogP contribution in [0.2, 0.25) is 0 Å². The highest BCUT2D eigenvalue weighted by molar-refractivity contribution is 7.12. The minimum absolute atomic E-state index is 0.0583. The molecule has 2 saturated heterocycles. The first-order valence-corrected chi connectivity index (χ1v) is 25.8. The Bertz CT molecular complexity index is 3140. The highest BCUT2D eigenvalue weighted by Crippen LogP contribution is 2.58. The van der Waals surface area contributed by atoms with E-state index in [-0.39, 0.29) is 53.7 Å². The van der Waals surface area contributed by atoms with Gasteiger partial charge >= 0.3 is 12.2 Å². The van der Waals surface area contributed by atoms with Gasteiger partial charge in [0.25, 0.3) is 0 Å². The van der Waals surface area contributed by atoms with Gasteiger partial charge in [0.1, 0.15) is 29.5 Å². The van der Waals surface area contributed by atoms with Crippen molar-refractivity contribution in [2.75, 3.05) is 14.2 Å². The summed E-state index contributed by atoms with van der Waals surface area (Å²) < 4.78 is 19.2. The molecule has 368 valence electrons. The summed E-state index contributed by atoms with van der Waals surface area (Å²) in [6.07, 6.45) is 10.2. The Morgan fingerprint density at radius 2 is 1.38 bits per heavy atom. The number of fused-ring (bicyclic) bond motifs is 7. The molecule has 3 aliphatic heterocycles. The highest BCUT2D eigenvalue weighted by Gasteiger charge is 2.61. The summed E-state index contributed by atoms with van der Waals surface area (Å²) in [5, 5.41) is 6.60. The molecule has 6 aliphatic rings. The van der Waals surface area contributed by atoms with E-state index in [0.717, 1.165) is 74.0 Å². The van der Waals surface area contributed by atoms with Crippen molar-refractivity contribution in [2.24, 2.45) is 29.6 Å². The predicted octanol–water partition coefficient (Wildman–Crippen LogP) is 9.46. The second kappa shape index (κ2) is 17.2. The van der Waals surface area contributed by atoms with Crippen LogP contribution in [0.3, 0.4) is 0 Å². The number of nitrogens with zero attached hydrogens (tertiary/aromatic N) is 5. The molecule has 4 amide bonds. The van der Waals surface area contributed by atoms with Crippen molar-refractivity contribution in [3.05, 3.63) is 101 Å². The van der Waals surface area contributed by atoms with Crippen LogP contribution in [0.15, 0.2) is 79.1 Å². The number of nitrogens with one attached hydrogen (secondary N) is 4. The zero-order chi connectivity index (χ0) is 49.1. The third-order valence-corrected chi connectivity index (χ3v) is 17.3. The van der Waals surface area contributed by atoms with Crippen molar-refractivity contribution in [3.8, 4) is 39.5 Å². The van der Waals surface area contributed by atoms with Crippen LogP contribution in [-0.2, 0) is 19.1 Å². The van der Waals surface area contributed by atoms with E-state index in [2.05, 4.69) is 98.8 Å². The maximum Gasteiger partial charge on any atom is 0.407 e. The summed E-state index contributed by atoms with van der Waals surface area (Å²) in [5.74, 6) is 3.25. The fraction of sp³-hybridized carbons (Fsp3) is 0.444. The lowest BCUT2D eigenvalue weighted by molar-refractivity contribution is -0.137. The molecular weight excluding hydrogens is 919 g/mol. The minimum Gasteiger partial charge on any atom is -0.464 e. The number of methoxy groups -OCH3 is 2. The van der Waals surface area contributed by atoms with Crippen molar-refractivity contribution >= 4 is 46.2 Å². The molecular formula is C54H59N9O7S. The topological polar surface area (TPSA) is 189 Å². The lowest BCUT2D eigenvalue weighted by Gasteiger charge is -2.35. The van der Waals surface area contributed by atoms with Crippen LogP contribution in [-0.4, -0.2) is 96.7 Å². The van der Waals surface area contributed by atoms with E-state index in [1.54, 1.807) is 0 Å². The monoisotopic (exact) mass is 977 g/mol. The van der Waals surface area contributed by atoms with E-state index in [1.807, 2.05) is 61.2 Å². The minimum atomic E-state index is -0.739. The number of rotatable bonds is 12. The number of aromatic amines is 2. The molecule has 0 radical (unpaired) electrons. The molecule has 17 heteroatoms. The van der Waals surface area contributed by atoms with E-state index in [0.29, 0.717) is 23.6 Å². The number of ether oxygens (including phenoxy) is 3. The van der Waals surface area contributed by atoms with Crippen LogP contribution in [0.25, 0.3) is 44.7 Å². The number of alkyl carbamates (subject to hydrolysis) is 2. The van der Waals surface area contributed by atoms with E-state index in [1.165, 1.54) is 31.9 Å². The van der Waals surface area contributed by atoms with E-state index < -0.39 is 30.5 Å². The Balaban J connectivity index is 0.853. The normalized spacial score (nSPS) is 25.5. The average Bonchev–Trinajstić information content (AvgIpc) is 3.81. The van der Waals surface area contributed by atoms with Crippen molar-refractivity contribution in [1.82, 2.24) is 44.9 Å². The highest BCUT2D eigenvalue weighted by atomic mass is 32.1. The molecule has 4 N–H and O–H groups in total. The molecule has 3 unspecified atom stereocenters. The number of amides is 4. The number of H-pyrrole nitrogens is 2. The van der Waals surface area contributed by atoms with Gasteiger partial charge in [-0.3, -0.25) is 14.2 Å². The second-order valence-electron chi connectivity index (χ2n) is 21.0. The molecule has 6 aromatic rings. The number of carbonyl (C=O) groups excluding carboxylic acids is 4. The summed E-state index contributed by atoms with van der Waals surface area (Å²) in [5.41, 5.74) is 6.61. The fourth-order valence-electron chi connectivity index (χ4n) is 11.8. The van der Waals surface area contributed by atoms with Crippen LogP contribution in [0.4, 0.5) is 9.59 Å². The number of likely N-dealkylation sites (tertiary alicyclic amines) is 2. The Kier molecular flexibility index (Phi) is 10.9. The van der Waals surface area contributed by atoms with Gasteiger partial charge in [-0.1, -0.05) is 58.9 Å². The number of benzene rings is 2. The molecule has 4 fully saturated rings. The van der Waals surface area contributed by atoms with Crippen molar-refractivity contribution < 1.29 is 33.4 Å². The summed E-state index contributed by atoms with van der Waals surface area (Å²) in [7, 11) is 2.61. The molecule has 71 heavy (non-hydrogen) atoms. The molecule has 7 heterocycles. The quantitative estimate of drug-likeness (QED) is 0.0866. The lowest BCUT2D eigenvalue weighted by atomic mass is 9.89. The molecule has 12 rings (SSSR count). The van der Waals surface area contributed by atoms with Gasteiger partial charge in [-0.25, -0.2) is 19.6 Å². The van der Waals surface area contributed by atoms with E-state index in [4.69, 9.17) is 24.2 Å². The number of piperidine rings is 1. The van der Waals surface area contributed by atoms with Crippen molar-refractivity contribution in [2.45, 2.75) is 109 Å². The second-order valence-corrected chi connectivity index (χ2v) is 22.1. The smallest absolute Gasteiger partial charge is 0.407 e. The SMILES string of the molecule is COC(=O)N[C@H](C(=O)N1[C@@H]2C=CC2C[C@H]1c1ncc(-c2ccc3c(c2)cc2n3C(c3ccc(C4CC4)s3)Oc3cc(-c4cnc([C@@H]5CC6[C@@H](C)[C@@H]6N5C(=O)[C@@H](NC(=O)OC)C(C)C)[nH]4)ccc3-2)[nH]1)C(C)C. The van der Waals surface area contributed by atoms with Crippen LogP contribution >= 0.6 is 11.3 Å². The number of imidazole rings is 2. The summed E-state index contributed by atoms with van der Waals surface area (Å²) in [6, 6.07) is 17.5. The van der Waals surface area contributed by atoms with Gasteiger partial charge in [0.15, 0.2) is 0 Å². The average molecular weight is 978 g/mol. The number of thiophene rings is 1. The Morgan fingerprint density at radius 3 is 2.00 bits per heavy atom. The van der Waals surface area contributed by atoms with Crippen molar-refractivity contribution in [3.63, 3.8) is 0 Å². The lowest BCUT2D eigenvalue weighted by Crippen LogP contribution is -2.53. The number of carbonyl (C=O) groups is 4. The molecule has 2 saturated carbocycles. The van der Waals surface area contributed by atoms with Crippen molar-refractivity contribution in [1.29, 1.82) is 0 Å². The summed E-state index contributed by atoms with van der Waals surface area (Å²) >= 11 is 1.82. The molecule has 16 nitrogen and oxygen atoms in total. The van der Waals surface area contributed by atoms with Gasteiger partial charge < -0.3 is 44.6 Å². The van der Waals surface area contributed by atoms with Crippen LogP contribution in [0, 0.1) is 29.6 Å². The van der Waals surface area contributed by atoms with E-state index >= 15 is 0 Å². The zero-order valence-electron chi connectivity index (χ0n) is 40.8. The summed E-state index contributed by atoms with van der Waals surface area (Å²) in [4.78, 5) is 76.3. The zero-order valence-corrected chi connectivity index (χ0v) is 41.7. The van der Waals surface area contributed by atoms with E-state index in [9.17, 15) is 19.2 Å². The van der Waals surface area contributed by atoms with Gasteiger partial charge in [-0.2, -0.15) is 0 Å². The van der Waals surface area contributed by atoms with Crippen LogP contribution in [0.1, 0.15) is 106 Å². The van der Waals surface area contributed by atoms with Crippen LogP contribution in [0.5, 0.6) is 5.75 Å². The number of aromatic nitrogens is 5. The first-order chi connectivity index (χ1) is 34.3. The standard InChI is InChI=1S/C54H59N9O7S/c1-25(2)45(59-53(66)68-6)50(64)61-37-15-12-31(37)19-40(61)48-55-23-35(57-48)29-11-14-38-32(18-29)20-39-33-13-10-30(21-42(33)70-52(62(38)39)44-17-16-43(71-44)28-8-9-28)36-24-56-49(58-36)41-22-34-27(5)47(34)63(41)51(65)46(26(3)4)60-54(67)69-7/h10-18,20-21,23-28,31,34,37,40-41,45-47,52H,8-9,19,22H2,1-7H3,(H,55,57)(H,56,58)(H,59,66)(H,60,67)/t27-,31?,34?,37-,40+,41+,45+,46+,47+,52?/m1/s1. The van der Waals surface area contributed by atoms with Gasteiger partial charge in [-0.15, -0.1) is 11.3 Å². The fourth-order valence-corrected chi connectivity index (χ4v) is 13.0. The largest absolute Gasteiger partial charge is 0.464 e. The van der Waals surface area contributed by atoms with Gasteiger partial charge in [0, 0.05) is 38.9 Å². The Hall–Kier alpha value is -6.88. The first kappa shape index (κ1) is 45.3. The maximum atomic E-state index is 14.2. The molecule has 10 atom stereocenters. The van der Waals surface area contributed by atoms with Gasteiger partial charge in [0.2, 0.25) is 18.0 Å².